The van der Waals surface area contributed by atoms with E-state index in [0.717, 1.165) is 24.8 Å². The largest absolute Gasteiger partial charge is 0.365 e. The predicted octanol–water partition coefficient (Wildman–Crippen LogP) is 3.57. The number of rotatable bonds is 4. The van der Waals surface area contributed by atoms with Crippen LogP contribution in [0.15, 0.2) is 36.9 Å². The summed E-state index contributed by atoms with van der Waals surface area (Å²) in [5.74, 6) is 0.352. The SMILES string of the molecule is C=CC1COC2C(=O)C1(CCCC)c1ccccc12. The number of carbonyl (C=O) groups is 1. The van der Waals surface area contributed by atoms with E-state index in [1.165, 1.54) is 5.56 Å². The van der Waals surface area contributed by atoms with Crippen molar-refractivity contribution >= 4 is 5.78 Å². The lowest BCUT2D eigenvalue weighted by Crippen LogP contribution is -2.46. The molecule has 1 saturated heterocycles. The van der Waals surface area contributed by atoms with Crippen LogP contribution in [0.4, 0.5) is 0 Å². The maximum Gasteiger partial charge on any atom is 0.177 e. The van der Waals surface area contributed by atoms with E-state index in [0.29, 0.717) is 6.61 Å². The summed E-state index contributed by atoms with van der Waals surface area (Å²) in [4.78, 5) is 12.9. The van der Waals surface area contributed by atoms with E-state index in [1.54, 1.807) is 0 Å². The summed E-state index contributed by atoms with van der Waals surface area (Å²) in [7, 11) is 0. The van der Waals surface area contributed by atoms with E-state index < -0.39 is 0 Å². The second-order valence-electron chi connectivity index (χ2n) is 5.58. The monoisotopic (exact) mass is 256 g/mol. The van der Waals surface area contributed by atoms with Crippen LogP contribution in [-0.4, -0.2) is 12.4 Å². The summed E-state index contributed by atoms with van der Waals surface area (Å²) < 4.78 is 5.80. The summed E-state index contributed by atoms with van der Waals surface area (Å²) in [6.07, 6.45) is 4.65. The first kappa shape index (κ1) is 12.6. The molecule has 3 unspecified atom stereocenters. The minimum absolute atomic E-state index is 0.103. The van der Waals surface area contributed by atoms with Crippen molar-refractivity contribution in [1.29, 1.82) is 0 Å². The van der Waals surface area contributed by atoms with Gasteiger partial charge < -0.3 is 4.74 Å². The van der Waals surface area contributed by atoms with Crippen molar-refractivity contribution in [3.8, 4) is 0 Å². The van der Waals surface area contributed by atoms with Crippen molar-refractivity contribution in [3.05, 3.63) is 48.0 Å². The molecule has 3 atom stereocenters. The van der Waals surface area contributed by atoms with Gasteiger partial charge in [0.15, 0.2) is 5.78 Å². The molecule has 0 radical (unpaired) electrons. The first-order valence-electron chi connectivity index (χ1n) is 7.13. The van der Waals surface area contributed by atoms with Crippen molar-refractivity contribution in [2.45, 2.75) is 37.7 Å². The Bertz CT molecular complexity index is 520. The Hall–Kier alpha value is -1.41. The normalized spacial score (nSPS) is 32.2. The molecule has 2 nitrogen and oxygen atoms in total. The summed E-state index contributed by atoms with van der Waals surface area (Å²) in [5.41, 5.74) is 1.88. The van der Waals surface area contributed by atoms with Crippen LogP contribution in [-0.2, 0) is 14.9 Å². The third kappa shape index (κ3) is 1.56. The third-order valence-corrected chi connectivity index (χ3v) is 4.69. The van der Waals surface area contributed by atoms with E-state index in [2.05, 4.69) is 19.6 Å². The van der Waals surface area contributed by atoms with Crippen LogP contribution in [0.5, 0.6) is 0 Å². The fraction of sp³-hybridized carbons (Fsp3) is 0.471. The highest BCUT2D eigenvalue weighted by Crippen LogP contribution is 2.54. The number of fused-ring (bicyclic) bond motifs is 5. The Balaban J connectivity index is 2.17. The van der Waals surface area contributed by atoms with Crippen LogP contribution >= 0.6 is 0 Å². The van der Waals surface area contributed by atoms with Crippen molar-refractivity contribution < 1.29 is 9.53 Å². The quantitative estimate of drug-likeness (QED) is 0.770. The number of hydrogen-bond donors (Lipinski definition) is 0. The Morgan fingerprint density at radius 3 is 3.00 bits per heavy atom. The van der Waals surface area contributed by atoms with Crippen LogP contribution in [0.3, 0.4) is 0 Å². The maximum atomic E-state index is 12.9. The highest BCUT2D eigenvalue weighted by Gasteiger charge is 2.58. The zero-order chi connectivity index (χ0) is 13.5. The van der Waals surface area contributed by atoms with Crippen LogP contribution in [0.2, 0.25) is 0 Å². The Morgan fingerprint density at radius 2 is 2.26 bits per heavy atom. The molecule has 19 heavy (non-hydrogen) atoms. The number of ether oxygens (including phenoxy) is 1. The van der Waals surface area contributed by atoms with Gasteiger partial charge in [0.2, 0.25) is 0 Å². The molecule has 1 aromatic rings. The second kappa shape index (κ2) is 4.61. The first-order chi connectivity index (χ1) is 9.25. The van der Waals surface area contributed by atoms with Crippen LogP contribution in [0.1, 0.15) is 43.4 Å². The van der Waals surface area contributed by atoms with Gasteiger partial charge in [0.05, 0.1) is 12.0 Å². The van der Waals surface area contributed by atoms with Gasteiger partial charge in [-0.15, -0.1) is 6.58 Å². The van der Waals surface area contributed by atoms with E-state index in [4.69, 9.17) is 4.74 Å². The average molecular weight is 256 g/mol. The molecule has 2 heteroatoms. The van der Waals surface area contributed by atoms with Gasteiger partial charge in [-0.3, -0.25) is 4.79 Å². The lowest BCUT2D eigenvalue weighted by atomic mass is 9.66. The molecule has 1 aliphatic heterocycles. The third-order valence-electron chi connectivity index (χ3n) is 4.69. The number of ketones is 1. The lowest BCUT2D eigenvalue weighted by Gasteiger charge is -2.38. The van der Waals surface area contributed by atoms with E-state index in [-0.39, 0.29) is 23.2 Å². The molecule has 1 fully saturated rings. The molecule has 1 aliphatic carbocycles. The molecule has 2 bridgehead atoms. The molecule has 100 valence electrons. The van der Waals surface area contributed by atoms with Crippen LogP contribution < -0.4 is 0 Å². The standard InChI is InChI=1S/C17H20O2/c1-3-5-10-17-12(4-2)11-19-15(16(17)18)13-8-6-7-9-14(13)17/h4,6-9,12,15H,2-3,5,10-11H2,1H3. The zero-order valence-corrected chi connectivity index (χ0v) is 11.4. The molecule has 3 rings (SSSR count). The zero-order valence-electron chi connectivity index (χ0n) is 11.4. The molecular weight excluding hydrogens is 236 g/mol. The number of benzene rings is 1. The number of carbonyl (C=O) groups excluding carboxylic acids is 1. The van der Waals surface area contributed by atoms with Gasteiger partial charge in [-0.1, -0.05) is 50.1 Å². The van der Waals surface area contributed by atoms with Gasteiger partial charge in [-0.2, -0.15) is 0 Å². The van der Waals surface area contributed by atoms with Crippen molar-refractivity contribution in [1.82, 2.24) is 0 Å². The van der Waals surface area contributed by atoms with Gasteiger partial charge in [0.1, 0.15) is 6.10 Å². The molecule has 0 aromatic heterocycles. The van der Waals surface area contributed by atoms with Crippen molar-refractivity contribution in [2.75, 3.05) is 6.61 Å². The van der Waals surface area contributed by atoms with Crippen LogP contribution in [0.25, 0.3) is 0 Å². The van der Waals surface area contributed by atoms with Gasteiger partial charge in [-0.25, -0.2) is 0 Å². The highest BCUT2D eigenvalue weighted by molar-refractivity contribution is 6.00. The molecule has 2 aliphatic rings. The number of Topliss-reactive ketones (excluding diaryl/α,β-unsaturated/α-hetero) is 1. The molecule has 0 saturated carbocycles. The number of hydrogen-bond acceptors (Lipinski definition) is 2. The van der Waals surface area contributed by atoms with Gasteiger partial charge in [0, 0.05) is 5.92 Å². The molecule has 1 aromatic carbocycles. The highest BCUT2D eigenvalue weighted by atomic mass is 16.5. The Kier molecular flexibility index (Phi) is 3.06. The fourth-order valence-corrected chi connectivity index (χ4v) is 3.70. The van der Waals surface area contributed by atoms with E-state index in [1.807, 2.05) is 24.3 Å². The Labute approximate surface area is 114 Å². The smallest absolute Gasteiger partial charge is 0.177 e. The lowest BCUT2D eigenvalue weighted by molar-refractivity contribution is -0.146. The van der Waals surface area contributed by atoms with Crippen molar-refractivity contribution in [2.24, 2.45) is 5.92 Å². The predicted molar refractivity (Wildman–Crippen MR) is 75.0 cm³/mol. The molecule has 1 heterocycles. The molecule has 0 amide bonds. The molecule has 0 N–H and O–H groups in total. The second-order valence-corrected chi connectivity index (χ2v) is 5.58. The minimum Gasteiger partial charge on any atom is -0.365 e. The maximum absolute atomic E-state index is 12.9. The summed E-state index contributed by atoms with van der Waals surface area (Å²) >= 11 is 0. The van der Waals surface area contributed by atoms with E-state index in [9.17, 15) is 4.79 Å². The molecule has 0 spiro atoms. The Morgan fingerprint density at radius 1 is 1.47 bits per heavy atom. The van der Waals surface area contributed by atoms with Gasteiger partial charge in [0.25, 0.3) is 0 Å². The summed E-state index contributed by atoms with van der Waals surface area (Å²) in [6.45, 7) is 6.71. The topological polar surface area (TPSA) is 26.3 Å². The van der Waals surface area contributed by atoms with Crippen molar-refractivity contribution in [3.63, 3.8) is 0 Å². The van der Waals surface area contributed by atoms with Gasteiger partial charge >= 0.3 is 0 Å². The van der Waals surface area contributed by atoms with Crippen LogP contribution in [0, 0.1) is 5.92 Å². The fourth-order valence-electron chi connectivity index (χ4n) is 3.70. The van der Waals surface area contributed by atoms with Gasteiger partial charge in [-0.05, 0) is 17.5 Å². The summed E-state index contributed by atoms with van der Waals surface area (Å²) in [6, 6.07) is 8.17. The first-order valence-corrected chi connectivity index (χ1v) is 7.13. The molecular formula is C17H20O2. The summed E-state index contributed by atoms with van der Waals surface area (Å²) in [5, 5.41) is 0. The average Bonchev–Trinajstić information content (AvgIpc) is 2.60. The number of unbranched alkanes of at least 4 members (excludes halogenated alkanes) is 1. The minimum atomic E-state index is -0.378. The van der Waals surface area contributed by atoms with E-state index >= 15 is 0 Å².